The normalized spacial score (nSPS) is 11.5. The van der Waals surface area contributed by atoms with E-state index in [0.717, 1.165) is 34.0 Å². The van der Waals surface area contributed by atoms with Gasteiger partial charge in [0.1, 0.15) is 17.0 Å². The minimum atomic E-state index is -0.0732. The molecule has 1 aromatic carbocycles. The summed E-state index contributed by atoms with van der Waals surface area (Å²) in [5.41, 5.74) is 5.06. The maximum atomic E-state index is 5.69. The fourth-order valence-electron chi connectivity index (χ4n) is 3.71. The first-order valence-corrected chi connectivity index (χ1v) is 8.83. The van der Waals surface area contributed by atoms with Crippen LogP contribution in [0.1, 0.15) is 22.9 Å². The fraction of sp³-hybridized carbons (Fsp3) is 0.0909. The highest BCUT2D eigenvalue weighted by molar-refractivity contribution is 5.52. The third-order valence-electron chi connectivity index (χ3n) is 4.93. The summed E-state index contributed by atoms with van der Waals surface area (Å²) in [7, 11) is 1.71. The van der Waals surface area contributed by atoms with Crippen LogP contribution in [0.5, 0.6) is 5.75 Å². The third kappa shape index (κ3) is 2.47. The van der Waals surface area contributed by atoms with Crippen molar-refractivity contribution in [3.8, 4) is 5.75 Å². The number of hydrogen-bond acceptors (Lipinski definition) is 3. The van der Waals surface area contributed by atoms with Gasteiger partial charge in [0, 0.05) is 18.0 Å². The molecule has 132 valence electrons. The van der Waals surface area contributed by atoms with E-state index in [2.05, 4.69) is 24.8 Å². The minimum Gasteiger partial charge on any atom is -0.496 e. The second-order valence-electron chi connectivity index (χ2n) is 6.40. The summed E-state index contributed by atoms with van der Waals surface area (Å²) in [4.78, 5) is 9.21. The molecule has 0 saturated heterocycles. The monoisotopic (exact) mass is 354 g/mol. The molecule has 5 rings (SSSR count). The quantitative estimate of drug-likeness (QED) is 0.486. The van der Waals surface area contributed by atoms with E-state index in [1.165, 1.54) is 0 Å². The molecule has 0 saturated carbocycles. The van der Waals surface area contributed by atoms with Gasteiger partial charge in [0.15, 0.2) is 0 Å². The van der Waals surface area contributed by atoms with Crippen LogP contribution in [0, 0.1) is 0 Å². The van der Waals surface area contributed by atoms with E-state index in [0.29, 0.717) is 0 Å². The zero-order chi connectivity index (χ0) is 18.2. The first-order chi connectivity index (χ1) is 13.4. The van der Waals surface area contributed by atoms with Crippen molar-refractivity contribution in [2.75, 3.05) is 7.11 Å². The minimum absolute atomic E-state index is 0.0732. The highest BCUT2D eigenvalue weighted by Gasteiger charge is 2.26. The van der Waals surface area contributed by atoms with Gasteiger partial charge in [0.05, 0.1) is 36.8 Å². The summed E-state index contributed by atoms with van der Waals surface area (Å²) < 4.78 is 9.94. The van der Waals surface area contributed by atoms with Gasteiger partial charge in [-0.15, -0.1) is 0 Å². The lowest BCUT2D eigenvalue weighted by Gasteiger charge is -2.20. The van der Waals surface area contributed by atoms with Gasteiger partial charge in [-0.25, -0.2) is 9.97 Å². The van der Waals surface area contributed by atoms with Gasteiger partial charge in [0.2, 0.25) is 0 Å². The lowest BCUT2D eigenvalue weighted by molar-refractivity contribution is 0.408. The molecule has 0 aliphatic heterocycles. The number of fused-ring (bicyclic) bond motifs is 2. The van der Waals surface area contributed by atoms with Crippen LogP contribution in [0.15, 0.2) is 85.5 Å². The van der Waals surface area contributed by atoms with Crippen molar-refractivity contribution in [2.45, 2.75) is 5.92 Å². The third-order valence-corrected chi connectivity index (χ3v) is 4.93. The van der Waals surface area contributed by atoms with Crippen LogP contribution in [-0.4, -0.2) is 25.9 Å². The molecule has 4 aromatic heterocycles. The number of rotatable bonds is 4. The lowest BCUT2D eigenvalue weighted by atomic mass is 9.92. The Labute approximate surface area is 156 Å². The van der Waals surface area contributed by atoms with Crippen LogP contribution in [0.3, 0.4) is 0 Å². The maximum Gasteiger partial charge on any atom is 0.136 e. The van der Waals surface area contributed by atoms with E-state index >= 15 is 0 Å². The number of aromatic nitrogens is 4. The predicted molar refractivity (Wildman–Crippen MR) is 104 cm³/mol. The molecule has 0 amide bonds. The fourth-order valence-corrected chi connectivity index (χ4v) is 3.71. The van der Waals surface area contributed by atoms with E-state index in [-0.39, 0.29) is 5.92 Å². The van der Waals surface area contributed by atoms with Crippen molar-refractivity contribution in [1.82, 2.24) is 18.8 Å². The zero-order valence-corrected chi connectivity index (χ0v) is 14.9. The van der Waals surface area contributed by atoms with E-state index in [4.69, 9.17) is 4.74 Å². The second-order valence-corrected chi connectivity index (χ2v) is 6.40. The van der Waals surface area contributed by atoms with Gasteiger partial charge in [0.25, 0.3) is 0 Å². The molecule has 0 spiro atoms. The number of hydrogen-bond donors (Lipinski definition) is 0. The molecular weight excluding hydrogens is 336 g/mol. The molecule has 0 unspecified atom stereocenters. The highest BCUT2D eigenvalue weighted by Crippen LogP contribution is 2.37. The predicted octanol–water partition coefficient (Wildman–Crippen LogP) is 4.17. The van der Waals surface area contributed by atoms with Crippen molar-refractivity contribution in [1.29, 1.82) is 0 Å². The lowest BCUT2D eigenvalue weighted by Crippen LogP contribution is -2.10. The Morgan fingerprint density at radius 2 is 1.30 bits per heavy atom. The molecule has 0 bridgehead atoms. The van der Waals surface area contributed by atoms with Crippen LogP contribution in [0.4, 0.5) is 0 Å². The van der Waals surface area contributed by atoms with Crippen LogP contribution < -0.4 is 4.74 Å². The molecule has 0 radical (unpaired) electrons. The molecule has 5 heteroatoms. The van der Waals surface area contributed by atoms with E-state index < -0.39 is 0 Å². The zero-order valence-electron chi connectivity index (χ0n) is 14.9. The Bertz CT molecular complexity index is 1160. The van der Waals surface area contributed by atoms with Gasteiger partial charge >= 0.3 is 0 Å². The SMILES string of the molecule is COc1ccccc1C(c1cnc2ccccn12)c1cnc2ccccn12. The largest absolute Gasteiger partial charge is 0.496 e. The number of para-hydroxylation sites is 1. The van der Waals surface area contributed by atoms with E-state index in [1.54, 1.807) is 7.11 Å². The number of nitrogens with zero attached hydrogens (tertiary/aromatic N) is 4. The standard InChI is InChI=1S/C22H18N4O/c1-27-19-9-3-2-8-16(19)22(17-14-23-20-10-4-6-12-25(17)20)18-15-24-21-11-5-7-13-26(18)21/h2-15,22H,1H3. The van der Waals surface area contributed by atoms with Crippen molar-refractivity contribution in [3.05, 3.63) is 102 Å². The van der Waals surface area contributed by atoms with Crippen LogP contribution >= 0.6 is 0 Å². The Balaban J connectivity index is 1.83. The van der Waals surface area contributed by atoms with Crippen LogP contribution in [-0.2, 0) is 0 Å². The van der Waals surface area contributed by atoms with Gasteiger partial charge in [-0.05, 0) is 30.3 Å². The van der Waals surface area contributed by atoms with Crippen molar-refractivity contribution >= 4 is 11.3 Å². The summed E-state index contributed by atoms with van der Waals surface area (Å²) in [5.74, 6) is 0.773. The van der Waals surface area contributed by atoms with Gasteiger partial charge < -0.3 is 13.5 Å². The molecule has 27 heavy (non-hydrogen) atoms. The van der Waals surface area contributed by atoms with Crippen molar-refractivity contribution < 1.29 is 4.74 Å². The van der Waals surface area contributed by atoms with Gasteiger partial charge in [-0.2, -0.15) is 0 Å². The Hall–Kier alpha value is -3.60. The topological polar surface area (TPSA) is 43.8 Å². The molecule has 5 aromatic rings. The number of pyridine rings is 2. The first kappa shape index (κ1) is 15.6. The number of ether oxygens (including phenoxy) is 1. The molecule has 4 heterocycles. The number of imidazole rings is 2. The van der Waals surface area contributed by atoms with Gasteiger partial charge in [-0.3, -0.25) is 0 Å². The molecular formula is C22H18N4O. The molecule has 0 fully saturated rings. The Morgan fingerprint density at radius 1 is 0.741 bits per heavy atom. The smallest absolute Gasteiger partial charge is 0.136 e. The summed E-state index contributed by atoms with van der Waals surface area (Å²) in [6.07, 6.45) is 7.97. The number of benzene rings is 1. The molecule has 0 aliphatic carbocycles. The highest BCUT2D eigenvalue weighted by atomic mass is 16.5. The van der Waals surface area contributed by atoms with Crippen molar-refractivity contribution in [3.63, 3.8) is 0 Å². The first-order valence-electron chi connectivity index (χ1n) is 8.83. The maximum absolute atomic E-state index is 5.69. The summed E-state index contributed by atoms with van der Waals surface area (Å²) in [5, 5.41) is 0. The Morgan fingerprint density at radius 3 is 1.89 bits per heavy atom. The van der Waals surface area contributed by atoms with E-state index in [9.17, 15) is 0 Å². The molecule has 0 N–H and O–H groups in total. The average Bonchev–Trinajstić information content (AvgIpc) is 3.34. The van der Waals surface area contributed by atoms with Gasteiger partial charge in [-0.1, -0.05) is 30.3 Å². The average molecular weight is 354 g/mol. The van der Waals surface area contributed by atoms with Crippen LogP contribution in [0.2, 0.25) is 0 Å². The molecule has 0 aliphatic rings. The van der Waals surface area contributed by atoms with Crippen molar-refractivity contribution in [2.24, 2.45) is 0 Å². The summed E-state index contributed by atoms with van der Waals surface area (Å²) in [6, 6.07) is 20.2. The van der Waals surface area contributed by atoms with Crippen LogP contribution in [0.25, 0.3) is 11.3 Å². The Kier molecular flexibility index (Phi) is 3.64. The number of methoxy groups -OCH3 is 1. The second kappa shape index (κ2) is 6.29. The summed E-state index contributed by atoms with van der Waals surface area (Å²) in [6.45, 7) is 0. The molecule has 5 nitrogen and oxygen atoms in total. The molecule has 0 atom stereocenters. The van der Waals surface area contributed by atoms with E-state index in [1.807, 2.05) is 79.4 Å². The summed E-state index contributed by atoms with van der Waals surface area (Å²) >= 11 is 0.